The topological polar surface area (TPSA) is 29.5 Å². The molecule has 0 aromatic carbocycles. The molecule has 106 valence electrons. The van der Waals surface area contributed by atoms with E-state index in [2.05, 4.69) is 34.6 Å². The quantitative estimate of drug-likeness (QED) is 0.682. The van der Waals surface area contributed by atoms with Gasteiger partial charge in [0.2, 0.25) is 0 Å². The highest BCUT2D eigenvalue weighted by molar-refractivity contribution is 5.57. The van der Waals surface area contributed by atoms with Gasteiger partial charge in [-0.2, -0.15) is 5.06 Å². The SMILES string of the molecule is CCC(C)C(CON1CCCC1C=O)C(C)(C)C. The Bertz CT molecular complexity index is 260. The van der Waals surface area contributed by atoms with E-state index in [1.165, 1.54) is 6.42 Å². The van der Waals surface area contributed by atoms with Crippen molar-refractivity contribution in [3.8, 4) is 0 Å². The van der Waals surface area contributed by atoms with Crippen molar-refractivity contribution in [3.05, 3.63) is 0 Å². The molecule has 3 nitrogen and oxygen atoms in total. The fourth-order valence-corrected chi connectivity index (χ4v) is 2.79. The number of rotatable bonds is 6. The van der Waals surface area contributed by atoms with E-state index in [9.17, 15) is 4.79 Å². The Balaban J connectivity index is 2.54. The van der Waals surface area contributed by atoms with Crippen molar-refractivity contribution in [1.82, 2.24) is 5.06 Å². The standard InChI is InChI=1S/C15H29NO2/c1-6-12(2)14(15(3,4)5)11-18-16-9-7-8-13(16)10-17/h10,12-14H,6-9,11H2,1-5H3. The van der Waals surface area contributed by atoms with Gasteiger partial charge in [-0.3, -0.25) is 4.84 Å². The third-order valence-electron chi connectivity index (χ3n) is 4.27. The first-order valence-corrected chi connectivity index (χ1v) is 7.25. The molecule has 0 amide bonds. The molecule has 0 aromatic rings. The maximum absolute atomic E-state index is 10.9. The average molecular weight is 255 g/mol. The molecule has 0 radical (unpaired) electrons. The Labute approximate surface area is 112 Å². The summed E-state index contributed by atoms with van der Waals surface area (Å²) in [5.41, 5.74) is 0.242. The van der Waals surface area contributed by atoms with Crippen molar-refractivity contribution in [2.75, 3.05) is 13.2 Å². The lowest BCUT2D eigenvalue weighted by Gasteiger charge is -2.36. The van der Waals surface area contributed by atoms with E-state index in [0.717, 1.165) is 32.3 Å². The Kier molecular flexibility index (Phi) is 5.80. The molecule has 0 spiro atoms. The van der Waals surface area contributed by atoms with E-state index in [0.29, 0.717) is 11.8 Å². The van der Waals surface area contributed by atoms with Crippen LogP contribution < -0.4 is 0 Å². The molecule has 0 saturated carbocycles. The van der Waals surface area contributed by atoms with E-state index in [4.69, 9.17) is 4.84 Å². The number of nitrogens with zero attached hydrogens (tertiary/aromatic N) is 1. The van der Waals surface area contributed by atoms with Gasteiger partial charge in [0.25, 0.3) is 0 Å². The van der Waals surface area contributed by atoms with E-state index < -0.39 is 0 Å². The molecule has 3 heteroatoms. The Hall–Kier alpha value is -0.410. The maximum Gasteiger partial charge on any atom is 0.139 e. The zero-order valence-corrected chi connectivity index (χ0v) is 12.6. The molecule has 3 unspecified atom stereocenters. The molecule has 18 heavy (non-hydrogen) atoms. The smallest absolute Gasteiger partial charge is 0.139 e. The van der Waals surface area contributed by atoms with Gasteiger partial charge in [-0.1, -0.05) is 41.0 Å². The summed E-state index contributed by atoms with van der Waals surface area (Å²) in [7, 11) is 0. The van der Waals surface area contributed by atoms with Crippen LogP contribution in [0.1, 0.15) is 53.9 Å². The molecule has 0 aromatic heterocycles. The summed E-state index contributed by atoms with van der Waals surface area (Å²) in [6, 6.07) is -0.0254. The summed E-state index contributed by atoms with van der Waals surface area (Å²) < 4.78 is 0. The Morgan fingerprint density at radius 2 is 2.11 bits per heavy atom. The predicted octanol–water partition coefficient (Wildman–Crippen LogP) is 3.29. The fraction of sp³-hybridized carbons (Fsp3) is 0.933. The van der Waals surface area contributed by atoms with Crippen molar-refractivity contribution >= 4 is 6.29 Å². The van der Waals surface area contributed by atoms with Gasteiger partial charge in [0, 0.05) is 6.54 Å². The van der Waals surface area contributed by atoms with Crippen LogP contribution >= 0.6 is 0 Å². The molecule has 0 bridgehead atoms. The molecule has 1 fully saturated rings. The first kappa shape index (κ1) is 15.6. The van der Waals surface area contributed by atoms with Crippen LogP contribution in [0.2, 0.25) is 0 Å². The minimum atomic E-state index is -0.0254. The largest absolute Gasteiger partial charge is 0.302 e. The molecule has 1 saturated heterocycles. The molecule has 0 N–H and O–H groups in total. The normalized spacial score (nSPS) is 25.1. The number of hydrogen-bond donors (Lipinski definition) is 0. The minimum absolute atomic E-state index is 0.0254. The summed E-state index contributed by atoms with van der Waals surface area (Å²) in [6.07, 6.45) is 4.19. The van der Waals surface area contributed by atoms with Crippen LogP contribution in [-0.4, -0.2) is 30.5 Å². The van der Waals surface area contributed by atoms with Crippen molar-refractivity contribution in [3.63, 3.8) is 0 Å². The second kappa shape index (κ2) is 6.67. The van der Waals surface area contributed by atoms with Gasteiger partial charge in [-0.05, 0) is 30.1 Å². The zero-order valence-electron chi connectivity index (χ0n) is 12.6. The second-order valence-corrected chi connectivity index (χ2v) is 6.64. The van der Waals surface area contributed by atoms with Gasteiger partial charge in [0.15, 0.2) is 0 Å². The van der Waals surface area contributed by atoms with E-state index in [1.54, 1.807) is 0 Å². The Morgan fingerprint density at radius 3 is 2.61 bits per heavy atom. The van der Waals surface area contributed by atoms with Crippen molar-refractivity contribution in [2.24, 2.45) is 17.3 Å². The molecule has 1 heterocycles. The van der Waals surface area contributed by atoms with E-state index in [1.807, 2.05) is 5.06 Å². The number of hydrogen-bond acceptors (Lipinski definition) is 3. The van der Waals surface area contributed by atoms with Crippen LogP contribution in [-0.2, 0) is 9.63 Å². The molecule has 3 atom stereocenters. The molecule has 1 aliphatic rings. The highest BCUT2D eigenvalue weighted by atomic mass is 16.7. The third kappa shape index (κ3) is 4.06. The van der Waals surface area contributed by atoms with Crippen LogP contribution in [0.4, 0.5) is 0 Å². The van der Waals surface area contributed by atoms with Gasteiger partial charge in [-0.25, -0.2) is 0 Å². The average Bonchev–Trinajstić information content (AvgIpc) is 2.74. The van der Waals surface area contributed by atoms with Crippen LogP contribution in [0, 0.1) is 17.3 Å². The van der Waals surface area contributed by atoms with Crippen LogP contribution in [0.15, 0.2) is 0 Å². The van der Waals surface area contributed by atoms with E-state index in [-0.39, 0.29) is 11.5 Å². The van der Waals surface area contributed by atoms with Gasteiger partial charge in [-0.15, -0.1) is 0 Å². The summed E-state index contributed by atoms with van der Waals surface area (Å²) in [6.45, 7) is 13.0. The molecule has 0 aliphatic carbocycles. The Morgan fingerprint density at radius 1 is 1.44 bits per heavy atom. The lowest BCUT2D eigenvalue weighted by atomic mass is 9.73. The first-order chi connectivity index (χ1) is 8.40. The number of carbonyl (C=O) groups is 1. The number of carbonyl (C=O) groups excluding carboxylic acids is 1. The fourth-order valence-electron chi connectivity index (χ4n) is 2.79. The lowest BCUT2D eigenvalue weighted by Crippen LogP contribution is -2.37. The minimum Gasteiger partial charge on any atom is -0.302 e. The van der Waals surface area contributed by atoms with Crippen molar-refractivity contribution < 1.29 is 9.63 Å². The third-order valence-corrected chi connectivity index (χ3v) is 4.27. The van der Waals surface area contributed by atoms with Gasteiger partial charge >= 0.3 is 0 Å². The first-order valence-electron chi connectivity index (χ1n) is 7.25. The summed E-state index contributed by atoms with van der Waals surface area (Å²) in [5.74, 6) is 1.16. The monoisotopic (exact) mass is 255 g/mol. The van der Waals surface area contributed by atoms with Gasteiger partial charge in [0.1, 0.15) is 6.29 Å². The summed E-state index contributed by atoms with van der Waals surface area (Å²) in [4.78, 5) is 16.8. The van der Waals surface area contributed by atoms with Crippen LogP contribution in [0.5, 0.6) is 0 Å². The van der Waals surface area contributed by atoms with Gasteiger partial charge < -0.3 is 4.79 Å². The van der Waals surface area contributed by atoms with Crippen LogP contribution in [0.3, 0.4) is 0 Å². The van der Waals surface area contributed by atoms with Crippen molar-refractivity contribution in [1.29, 1.82) is 0 Å². The predicted molar refractivity (Wildman–Crippen MR) is 74.1 cm³/mol. The molecular formula is C15H29NO2. The molecular weight excluding hydrogens is 226 g/mol. The number of aldehydes is 1. The van der Waals surface area contributed by atoms with E-state index >= 15 is 0 Å². The summed E-state index contributed by atoms with van der Waals surface area (Å²) in [5, 5.41) is 1.88. The molecule has 1 rings (SSSR count). The van der Waals surface area contributed by atoms with Gasteiger partial charge in [0.05, 0.1) is 12.6 Å². The van der Waals surface area contributed by atoms with Crippen LogP contribution in [0.25, 0.3) is 0 Å². The lowest BCUT2D eigenvalue weighted by molar-refractivity contribution is -0.188. The zero-order chi connectivity index (χ0) is 13.8. The maximum atomic E-state index is 10.9. The highest BCUT2D eigenvalue weighted by Crippen LogP contribution is 2.34. The second-order valence-electron chi connectivity index (χ2n) is 6.64. The molecule has 1 aliphatic heterocycles. The highest BCUT2D eigenvalue weighted by Gasteiger charge is 2.32. The summed E-state index contributed by atoms with van der Waals surface area (Å²) >= 11 is 0. The number of hydroxylamine groups is 2. The van der Waals surface area contributed by atoms with Crippen molar-refractivity contribution in [2.45, 2.75) is 59.9 Å².